The summed E-state index contributed by atoms with van der Waals surface area (Å²) in [6.45, 7) is 12.3. The number of hydrogen-bond donors (Lipinski definition) is 1. The molecule has 0 atom stereocenters. The van der Waals surface area contributed by atoms with E-state index in [1.807, 2.05) is 11.1 Å². The molecule has 2 aromatic carbocycles. The van der Waals surface area contributed by atoms with Crippen molar-refractivity contribution in [1.29, 1.82) is 0 Å². The quantitative estimate of drug-likeness (QED) is 0.337. The van der Waals surface area contributed by atoms with Gasteiger partial charge in [0.15, 0.2) is 0 Å². The predicted octanol–water partition coefficient (Wildman–Crippen LogP) is 6.78. The molecule has 4 aromatic rings. The van der Waals surface area contributed by atoms with Crippen molar-refractivity contribution in [2.24, 2.45) is 5.92 Å². The first-order chi connectivity index (χ1) is 18.0. The summed E-state index contributed by atoms with van der Waals surface area (Å²) in [5.74, 6) is 0.966. The molecule has 1 saturated carbocycles. The fraction of sp³-hybridized carbons (Fsp3) is 0.469. The molecule has 0 spiro atoms. The Labute approximate surface area is 221 Å². The van der Waals surface area contributed by atoms with Gasteiger partial charge in [-0.25, -0.2) is 0 Å². The Morgan fingerprint density at radius 2 is 1.65 bits per heavy atom. The number of nitrogens with zero attached hydrogens (tertiary/aromatic N) is 3. The monoisotopic (exact) mass is 498 g/mol. The zero-order valence-corrected chi connectivity index (χ0v) is 22.8. The van der Waals surface area contributed by atoms with Crippen molar-refractivity contribution in [3.8, 4) is 0 Å². The molecule has 6 rings (SSSR count). The number of aromatic amines is 1. The molecule has 5 nitrogen and oxygen atoms in total. The molecular formula is C32H42N4O. The molecule has 2 aliphatic rings. The molecule has 2 aromatic heterocycles. The number of rotatable bonds is 4. The number of fused-ring (bicyclic) bond motifs is 2. The van der Waals surface area contributed by atoms with E-state index in [0.717, 1.165) is 56.1 Å². The topological polar surface area (TPSA) is 44.3 Å². The molecule has 1 saturated heterocycles. The van der Waals surface area contributed by atoms with Crippen LogP contribution in [0.4, 0.5) is 0 Å². The molecule has 1 amide bonds. The van der Waals surface area contributed by atoms with Crippen molar-refractivity contribution in [1.82, 2.24) is 19.4 Å². The van der Waals surface area contributed by atoms with Crippen LogP contribution in [0, 0.1) is 19.8 Å². The summed E-state index contributed by atoms with van der Waals surface area (Å²) in [5.41, 5.74) is 6.00. The maximum Gasteiger partial charge on any atom is 0.256 e. The van der Waals surface area contributed by atoms with Crippen LogP contribution in [0.5, 0.6) is 0 Å². The van der Waals surface area contributed by atoms with Gasteiger partial charge >= 0.3 is 0 Å². The number of aromatic nitrogens is 2. The highest BCUT2D eigenvalue weighted by Crippen LogP contribution is 2.30. The van der Waals surface area contributed by atoms with Gasteiger partial charge in [-0.3, -0.25) is 4.79 Å². The van der Waals surface area contributed by atoms with Crippen LogP contribution in [0.2, 0.25) is 0 Å². The van der Waals surface area contributed by atoms with Gasteiger partial charge in [-0.05, 0) is 61.7 Å². The molecule has 37 heavy (non-hydrogen) atoms. The average molecular weight is 499 g/mol. The number of carbonyl (C=O) groups is 1. The minimum absolute atomic E-state index is 0.212. The Bertz CT molecular complexity index is 1340. The van der Waals surface area contributed by atoms with Crippen LogP contribution in [-0.2, 0) is 6.54 Å². The SMILES string of the molecule is CCN1CCN(C(=O)c2cn(CC3CCCCC3)c3c(C)cccc23)CC1.Cc1cccc2cc[nH]c12. The van der Waals surface area contributed by atoms with Gasteiger partial charge in [0.25, 0.3) is 5.91 Å². The number of hydrogen-bond acceptors (Lipinski definition) is 2. The second kappa shape index (κ2) is 11.6. The molecule has 5 heteroatoms. The number of carbonyl (C=O) groups excluding carboxylic acids is 1. The van der Waals surface area contributed by atoms with Gasteiger partial charge < -0.3 is 19.4 Å². The minimum Gasteiger partial charge on any atom is -0.361 e. The Hall–Kier alpha value is -3.05. The van der Waals surface area contributed by atoms with E-state index in [-0.39, 0.29) is 5.91 Å². The molecule has 1 N–H and O–H groups in total. The third kappa shape index (κ3) is 5.62. The summed E-state index contributed by atoms with van der Waals surface area (Å²) in [4.78, 5) is 21.0. The fourth-order valence-corrected chi connectivity index (χ4v) is 6.19. The summed E-state index contributed by atoms with van der Waals surface area (Å²) in [7, 11) is 0. The van der Waals surface area contributed by atoms with E-state index in [4.69, 9.17) is 0 Å². The second-order valence-corrected chi connectivity index (χ2v) is 10.9. The van der Waals surface area contributed by atoms with E-state index in [1.165, 1.54) is 59.7 Å². The van der Waals surface area contributed by atoms with Crippen LogP contribution in [0.25, 0.3) is 21.8 Å². The van der Waals surface area contributed by atoms with E-state index in [9.17, 15) is 4.79 Å². The molecule has 0 bridgehead atoms. The number of para-hydroxylation sites is 2. The third-order valence-corrected chi connectivity index (χ3v) is 8.41. The molecular weight excluding hydrogens is 456 g/mol. The van der Waals surface area contributed by atoms with Crippen LogP contribution in [0.3, 0.4) is 0 Å². The lowest BCUT2D eigenvalue weighted by atomic mass is 9.89. The number of amides is 1. The molecule has 196 valence electrons. The first-order valence-corrected chi connectivity index (χ1v) is 14.2. The minimum atomic E-state index is 0.212. The summed E-state index contributed by atoms with van der Waals surface area (Å²) >= 11 is 0. The Morgan fingerprint density at radius 3 is 2.38 bits per heavy atom. The zero-order chi connectivity index (χ0) is 25.8. The van der Waals surface area contributed by atoms with Crippen LogP contribution in [0.1, 0.15) is 60.5 Å². The van der Waals surface area contributed by atoms with E-state index in [0.29, 0.717) is 0 Å². The Kier molecular flexibility index (Phi) is 7.99. The number of likely N-dealkylation sites (N-methyl/N-ethyl adjacent to an activating group) is 1. The lowest BCUT2D eigenvalue weighted by Crippen LogP contribution is -2.48. The first kappa shape index (κ1) is 25.6. The number of nitrogens with one attached hydrogen (secondary N) is 1. The average Bonchev–Trinajstić information content (AvgIpc) is 3.56. The van der Waals surface area contributed by atoms with Crippen LogP contribution < -0.4 is 0 Å². The van der Waals surface area contributed by atoms with Crippen molar-refractivity contribution in [3.63, 3.8) is 0 Å². The number of H-pyrrole nitrogens is 1. The standard InChI is InChI=1S/C23H33N3O.C9H9N/c1-3-24-12-14-25(15-13-24)23(27)21-17-26(16-19-9-5-4-6-10-19)22-18(2)8-7-11-20(21)22;1-7-3-2-4-8-5-6-10-9(7)8/h7-8,11,17,19H,3-6,9-10,12-16H2,1-2H3;2-6,10H,1H3. The van der Waals surface area contributed by atoms with Crippen molar-refractivity contribution in [2.75, 3.05) is 32.7 Å². The van der Waals surface area contributed by atoms with Gasteiger partial charge in [0.1, 0.15) is 0 Å². The lowest BCUT2D eigenvalue weighted by Gasteiger charge is -2.34. The summed E-state index contributed by atoms with van der Waals surface area (Å²) in [6.07, 6.45) is 10.9. The molecule has 0 radical (unpaired) electrons. The summed E-state index contributed by atoms with van der Waals surface area (Å²) < 4.78 is 2.39. The van der Waals surface area contributed by atoms with Crippen LogP contribution >= 0.6 is 0 Å². The Morgan fingerprint density at radius 1 is 0.919 bits per heavy atom. The predicted molar refractivity (Wildman–Crippen MR) is 154 cm³/mol. The zero-order valence-electron chi connectivity index (χ0n) is 22.8. The highest BCUT2D eigenvalue weighted by Gasteiger charge is 2.25. The van der Waals surface area contributed by atoms with Gasteiger partial charge in [-0.2, -0.15) is 0 Å². The number of benzene rings is 2. The summed E-state index contributed by atoms with van der Waals surface area (Å²) in [6, 6.07) is 14.8. The van der Waals surface area contributed by atoms with Crippen molar-refractivity contribution in [3.05, 3.63) is 71.5 Å². The second-order valence-electron chi connectivity index (χ2n) is 10.9. The highest BCUT2D eigenvalue weighted by atomic mass is 16.2. The molecule has 3 heterocycles. The smallest absolute Gasteiger partial charge is 0.256 e. The maximum atomic E-state index is 13.3. The van der Waals surface area contributed by atoms with Crippen molar-refractivity contribution < 1.29 is 4.79 Å². The third-order valence-electron chi connectivity index (χ3n) is 8.41. The molecule has 2 fully saturated rings. The van der Waals surface area contributed by atoms with Gasteiger partial charge in [-0.1, -0.05) is 62.6 Å². The van der Waals surface area contributed by atoms with Gasteiger partial charge in [0.05, 0.1) is 11.1 Å². The van der Waals surface area contributed by atoms with Crippen molar-refractivity contribution in [2.45, 2.75) is 59.4 Å². The van der Waals surface area contributed by atoms with Crippen LogP contribution in [0.15, 0.2) is 54.9 Å². The van der Waals surface area contributed by atoms with Gasteiger partial charge in [0, 0.05) is 56.0 Å². The number of aryl methyl sites for hydroxylation is 2. The van der Waals surface area contributed by atoms with E-state index in [2.05, 4.69) is 83.9 Å². The molecule has 0 unspecified atom stereocenters. The normalized spacial score (nSPS) is 17.2. The largest absolute Gasteiger partial charge is 0.361 e. The van der Waals surface area contributed by atoms with E-state index in [1.54, 1.807) is 0 Å². The fourth-order valence-electron chi connectivity index (χ4n) is 6.19. The van der Waals surface area contributed by atoms with Crippen molar-refractivity contribution >= 4 is 27.7 Å². The Balaban J connectivity index is 0.000000233. The van der Waals surface area contributed by atoms with E-state index >= 15 is 0 Å². The number of piperazine rings is 1. The highest BCUT2D eigenvalue weighted by molar-refractivity contribution is 6.07. The van der Waals surface area contributed by atoms with Gasteiger partial charge in [0.2, 0.25) is 0 Å². The van der Waals surface area contributed by atoms with Crippen LogP contribution in [-0.4, -0.2) is 58.0 Å². The lowest BCUT2D eigenvalue weighted by molar-refractivity contribution is 0.0645. The van der Waals surface area contributed by atoms with Gasteiger partial charge in [-0.15, -0.1) is 0 Å². The summed E-state index contributed by atoms with van der Waals surface area (Å²) in [5, 5.41) is 2.42. The first-order valence-electron chi connectivity index (χ1n) is 14.2. The molecule has 1 aliphatic carbocycles. The maximum absolute atomic E-state index is 13.3. The molecule has 1 aliphatic heterocycles. The van der Waals surface area contributed by atoms with E-state index < -0.39 is 0 Å².